The second-order valence-corrected chi connectivity index (χ2v) is 18.2. The third-order valence-electron chi connectivity index (χ3n) is 10.8. The quantitative estimate of drug-likeness (QED) is 0.128. The van der Waals surface area contributed by atoms with E-state index in [-0.39, 0.29) is 37.0 Å². The van der Waals surface area contributed by atoms with E-state index in [0.717, 1.165) is 39.2 Å². The molecule has 0 aliphatic carbocycles. The molecule has 0 aliphatic rings. The van der Waals surface area contributed by atoms with Crippen LogP contribution in [-0.4, -0.2) is 9.55 Å². The molecule has 0 spiro atoms. The van der Waals surface area contributed by atoms with E-state index in [1.165, 1.54) is 55.0 Å². The summed E-state index contributed by atoms with van der Waals surface area (Å²) in [6.45, 7) is 31.2. The van der Waals surface area contributed by atoms with Crippen LogP contribution in [0.15, 0.2) is 170 Å². The Bertz CT molecular complexity index is 2770. The molecule has 3 nitrogen and oxygen atoms in total. The first-order valence-electron chi connectivity index (χ1n) is 21.4. The zero-order chi connectivity index (χ0) is 44.6. The molecule has 0 aliphatic heterocycles. The molecule has 63 heavy (non-hydrogen) atoms. The third-order valence-corrected chi connectivity index (χ3v) is 10.8. The van der Waals surface area contributed by atoms with Crippen molar-refractivity contribution >= 4 is 44.1 Å². The van der Waals surface area contributed by atoms with Crippen LogP contribution in [0.2, 0.25) is 0 Å². The van der Waals surface area contributed by atoms with Gasteiger partial charge in [0, 0.05) is 22.6 Å². The van der Waals surface area contributed by atoms with Gasteiger partial charge in [0.15, 0.2) is 0 Å². The van der Waals surface area contributed by atoms with Gasteiger partial charge in [-0.25, -0.2) is 0 Å². The number of aryl methyl sites for hydroxylation is 3. The maximum atomic E-state index is 5.15. The van der Waals surface area contributed by atoms with Crippen LogP contribution in [0.5, 0.6) is 0 Å². The van der Waals surface area contributed by atoms with E-state index in [1.54, 1.807) is 0 Å². The Morgan fingerprint density at radius 1 is 0.476 bits per heavy atom. The first-order chi connectivity index (χ1) is 29.5. The van der Waals surface area contributed by atoms with E-state index >= 15 is 0 Å². The number of hydrogen-bond acceptors (Lipinski definition) is 1. The van der Waals surface area contributed by atoms with Crippen molar-refractivity contribution in [2.45, 2.75) is 73.1 Å². The van der Waals surface area contributed by atoms with Crippen LogP contribution in [-0.2, 0) is 37.0 Å². The molecule has 7 aromatic carbocycles. The largest absolute Gasteiger partial charge is 3.00 e. The molecule has 2 heterocycles. The van der Waals surface area contributed by atoms with Crippen molar-refractivity contribution in [2.24, 2.45) is 0 Å². The molecule has 317 valence electrons. The number of rotatable bonds is 3. The monoisotopic (exact) mass is 901 g/mol. The third kappa shape index (κ3) is 12.6. The van der Waals surface area contributed by atoms with E-state index in [9.17, 15) is 0 Å². The van der Waals surface area contributed by atoms with Gasteiger partial charge in [-0.1, -0.05) is 126 Å². The van der Waals surface area contributed by atoms with E-state index in [2.05, 4.69) is 161 Å². The molecule has 0 amide bonds. The molecule has 9 aromatic rings. The number of benzene rings is 7. The molecular weight excluding hydrogens is 842 g/mol. The number of aromatic nitrogens is 2. The van der Waals surface area contributed by atoms with E-state index in [4.69, 9.17) is 10.3 Å². The fourth-order valence-corrected chi connectivity index (χ4v) is 7.43. The van der Waals surface area contributed by atoms with Gasteiger partial charge in [-0.3, -0.25) is 0 Å². The van der Waals surface area contributed by atoms with E-state index in [0.29, 0.717) is 0 Å². The van der Waals surface area contributed by atoms with Crippen molar-refractivity contribution in [1.82, 2.24) is 9.55 Å². The molecular formula is C59H61N3Zr-. The summed E-state index contributed by atoms with van der Waals surface area (Å²) in [5, 5.41) is 11.1. The zero-order valence-electron chi connectivity index (χ0n) is 38.6. The Balaban J connectivity index is 0.000000275. The van der Waals surface area contributed by atoms with Crippen LogP contribution in [0.25, 0.3) is 43.6 Å². The smallest absolute Gasteiger partial charge is 0.436 e. The predicted molar refractivity (Wildman–Crippen MR) is 270 cm³/mol. The minimum atomic E-state index is 0. The molecule has 0 unspecified atom stereocenters. The summed E-state index contributed by atoms with van der Waals surface area (Å²) < 4.78 is 2.27. The molecule has 0 saturated carbocycles. The van der Waals surface area contributed by atoms with E-state index in [1.807, 2.05) is 97.1 Å². The van der Waals surface area contributed by atoms with Gasteiger partial charge in [0.05, 0.1) is 5.69 Å². The molecule has 0 atom stereocenters. The number of fused-ring (bicyclic) bond motifs is 3. The molecule has 1 radical (unpaired) electrons. The van der Waals surface area contributed by atoms with Crippen LogP contribution in [0, 0.1) is 41.5 Å². The Labute approximate surface area is 396 Å². The summed E-state index contributed by atoms with van der Waals surface area (Å²) in [5.74, 6) is 0.724. The van der Waals surface area contributed by atoms with E-state index < -0.39 is 0 Å². The van der Waals surface area contributed by atoms with Gasteiger partial charge in [-0.05, 0) is 93.9 Å². The average Bonchev–Trinajstić information content (AvgIpc) is 3.64. The van der Waals surface area contributed by atoms with Crippen molar-refractivity contribution in [3.05, 3.63) is 241 Å². The topological polar surface area (TPSA) is 31.9 Å². The number of hydrogen-bond donors (Lipinski definition) is 0. The molecule has 9 rings (SSSR count). The molecule has 0 bridgehead atoms. The Kier molecular flexibility index (Phi) is 16.0. The maximum absolute atomic E-state index is 5.15. The standard InChI is InChI=1S/C38H40N3.3C7H7.Zr/c1-23-18-24(2)34(25(3)19-23)39-33-15-11-26-16-17-41(36(26)40-33)35-31-14-13-29(37(4,5)6)21-28(31)20-27-10-12-30(22-32(27)35)38(7,8)9;3*1-7-5-3-2-4-6-7;/h10-22H,1-9H3;3*2-6H,1H2;/q4*-1;+3. The predicted octanol–water partition coefficient (Wildman–Crippen LogP) is 16.8. The van der Waals surface area contributed by atoms with Crippen LogP contribution >= 0.6 is 0 Å². The first kappa shape index (κ1) is 48.1. The summed E-state index contributed by atoms with van der Waals surface area (Å²) >= 11 is 0. The van der Waals surface area contributed by atoms with Crippen LogP contribution in [0.4, 0.5) is 11.5 Å². The minimum Gasteiger partial charge on any atom is -0.436 e. The normalized spacial score (nSPS) is 11.0. The molecule has 0 N–H and O–H groups in total. The minimum absolute atomic E-state index is 0. The van der Waals surface area contributed by atoms with Gasteiger partial charge in [0.25, 0.3) is 0 Å². The molecule has 4 heteroatoms. The second-order valence-electron chi connectivity index (χ2n) is 18.2. The van der Waals surface area contributed by atoms with Gasteiger partial charge in [0.2, 0.25) is 0 Å². The second kappa shape index (κ2) is 20.9. The number of pyridine rings is 1. The molecule has 0 saturated heterocycles. The number of nitrogens with zero attached hydrogens (tertiary/aromatic N) is 3. The van der Waals surface area contributed by atoms with Crippen molar-refractivity contribution in [1.29, 1.82) is 0 Å². The van der Waals surface area contributed by atoms with Gasteiger partial charge in [-0.15, -0.1) is 36.4 Å². The van der Waals surface area contributed by atoms with Crippen LogP contribution < -0.4 is 0 Å². The van der Waals surface area contributed by atoms with Crippen LogP contribution in [0.1, 0.15) is 86.1 Å². The van der Waals surface area contributed by atoms with Gasteiger partial charge in [0.1, 0.15) is 0 Å². The zero-order valence-corrected chi connectivity index (χ0v) is 41.1. The average molecular weight is 903 g/mol. The van der Waals surface area contributed by atoms with Gasteiger partial charge < -0.3 is 14.9 Å². The molecule has 2 aromatic heterocycles. The van der Waals surface area contributed by atoms with Gasteiger partial charge >= 0.3 is 26.2 Å². The van der Waals surface area contributed by atoms with Crippen molar-refractivity contribution in [2.75, 3.05) is 0 Å². The van der Waals surface area contributed by atoms with Gasteiger partial charge in [-0.2, -0.15) is 73.9 Å². The molecule has 0 fully saturated rings. The summed E-state index contributed by atoms with van der Waals surface area (Å²) in [7, 11) is 0. The summed E-state index contributed by atoms with van der Waals surface area (Å²) in [5.41, 5.74) is 12.7. The SMILES string of the molecule is Cc1cc(C)c([N-]c2ccc3ccn(-c4c5ccc(C(C)(C)C)cc5cc5ccc(C(C)(C)C)cc45)c3n2)c(C)c1.[CH2-]c1ccccc1.[CH2-]c1ccccc1.[CH2-]c1ccccc1.[Zr+3]. The first-order valence-corrected chi connectivity index (χ1v) is 21.4. The summed E-state index contributed by atoms with van der Waals surface area (Å²) in [6.07, 6.45) is 2.17. The fraction of sp³-hybridized carbons (Fsp3) is 0.186. The maximum Gasteiger partial charge on any atom is 3.00 e. The van der Waals surface area contributed by atoms with Crippen molar-refractivity contribution in [3.8, 4) is 5.69 Å². The Morgan fingerprint density at radius 2 is 0.952 bits per heavy atom. The summed E-state index contributed by atoms with van der Waals surface area (Å²) in [4.78, 5) is 5.15. The van der Waals surface area contributed by atoms with Crippen molar-refractivity contribution < 1.29 is 26.2 Å². The van der Waals surface area contributed by atoms with Crippen molar-refractivity contribution in [3.63, 3.8) is 0 Å². The van der Waals surface area contributed by atoms with Crippen LogP contribution in [0.3, 0.4) is 0 Å². The Hall–Kier alpha value is -5.96. The Morgan fingerprint density at radius 3 is 1.43 bits per heavy atom. The summed E-state index contributed by atoms with van der Waals surface area (Å²) in [6, 6.07) is 56.6. The fourth-order valence-electron chi connectivity index (χ4n) is 7.43.